The summed E-state index contributed by atoms with van der Waals surface area (Å²) < 4.78 is 2.44. The van der Waals surface area contributed by atoms with Crippen LogP contribution < -0.4 is 0 Å². The van der Waals surface area contributed by atoms with Crippen molar-refractivity contribution in [2.75, 3.05) is 5.75 Å². The lowest BCUT2D eigenvalue weighted by Gasteiger charge is -2.12. The first kappa shape index (κ1) is 18.1. The smallest absolute Gasteiger partial charge is 0.112 e. The lowest BCUT2D eigenvalue weighted by Crippen LogP contribution is -2.06. The van der Waals surface area contributed by atoms with Crippen molar-refractivity contribution in [3.8, 4) is 0 Å². The Morgan fingerprint density at radius 3 is 2.60 bits per heavy atom. The maximum atomic E-state index is 4.91. The molecule has 1 heterocycles. The minimum absolute atomic E-state index is 0.441. The molecule has 0 aliphatic rings. The Morgan fingerprint density at radius 1 is 1.08 bits per heavy atom. The van der Waals surface area contributed by atoms with Crippen LogP contribution in [0, 0.1) is 0 Å². The molecule has 0 unspecified atom stereocenters. The Kier molecular flexibility index (Phi) is 6.19. The molecule has 0 aliphatic heterocycles. The number of thioether (sulfide) groups is 1. The Bertz CT molecular complexity index is 806. The van der Waals surface area contributed by atoms with Crippen LogP contribution in [-0.2, 0) is 13.0 Å². The van der Waals surface area contributed by atoms with Gasteiger partial charge in [0.1, 0.15) is 5.82 Å². The highest BCUT2D eigenvalue weighted by Crippen LogP contribution is 2.27. The quantitative estimate of drug-likeness (QED) is 0.443. The van der Waals surface area contributed by atoms with Gasteiger partial charge in [-0.1, -0.05) is 51.1 Å². The summed E-state index contributed by atoms with van der Waals surface area (Å²) in [4.78, 5) is 6.27. The Labute approximate surface area is 155 Å². The molecular formula is C22H28N2S. The molecule has 0 saturated heterocycles. The van der Waals surface area contributed by atoms with Gasteiger partial charge in [0.15, 0.2) is 0 Å². The van der Waals surface area contributed by atoms with E-state index in [9.17, 15) is 0 Å². The van der Waals surface area contributed by atoms with Crippen molar-refractivity contribution in [3.63, 3.8) is 0 Å². The summed E-state index contributed by atoms with van der Waals surface area (Å²) in [6, 6.07) is 17.5. The van der Waals surface area contributed by atoms with Gasteiger partial charge in [0, 0.05) is 17.4 Å². The molecule has 0 amide bonds. The molecular weight excluding hydrogens is 324 g/mol. The molecule has 25 heavy (non-hydrogen) atoms. The van der Waals surface area contributed by atoms with Crippen LogP contribution in [0.15, 0.2) is 53.4 Å². The van der Waals surface area contributed by atoms with Gasteiger partial charge in [-0.25, -0.2) is 4.98 Å². The number of hydrogen-bond donors (Lipinski definition) is 0. The SMILES string of the molecule is CCCSc1ccc2nc(C(C)C)n(CCCc3ccccc3)c2c1. The van der Waals surface area contributed by atoms with E-state index in [0.29, 0.717) is 5.92 Å². The largest absolute Gasteiger partial charge is 0.328 e. The van der Waals surface area contributed by atoms with E-state index in [1.54, 1.807) is 0 Å². The van der Waals surface area contributed by atoms with Crippen LogP contribution in [0.4, 0.5) is 0 Å². The molecule has 0 aliphatic carbocycles. The molecule has 0 N–H and O–H groups in total. The summed E-state index contributed by atoms with van der Waals surface area (Å²) in [7, 11) is 0. The predicted octanol–water partition coefficient (Wildman–Crippen LogP) is 6.29. The molecule has 0 atom stereocenters. The first-order valence-corrected chi connectivity index (χ1v) is 10.3. The summed E-state index contributed by atoms with van der Waals surface area (Å²) in [6.07, 6.45) is 3.46. The van der Waals surface area contributed by atoms with E-state index in [2.05, 4.69) is 73.9 Å². The van der Waals surface area contributed by atoms with Gasteiger partial charge in [-0.15, -0.1) is 11.8 Å². The second-order valence-electron chi connectivity index (χ2n) is 6.86. The zero-order valence-corrected chi connectivity index (χ0v) is 16.4. The minimum Gasteiger partial charge on any atom is -0.328 e. The fourth-order valence-electron chi connectivity index (χ4n) is 3.19. The fourth-order valence-corrected chi connectivity index (χ4v) is 3.99. The molecule has 3 rings (SSSR count). The zero-order chi connectivity index (χ0) is 17.6. The van der Waals surface area contributed by atoms with E-state index >= 15 is 0 Å². The fraction of sp³-hybridized carbons (Fsp3) is 0.409. The molecule has 0 radical (unpaired) electrons. The van der Waals surface area contributed by atoms with Gasteiger partial charge in [-0.3, -0.25) is 0 Å². The van der Waals surface area contributed by atoms with Crippen LogP contribution in [0.1, 0.15) is 50.9 Å². The number of nitrogens with zero attached hydrogens (tertiary/aromatic N) is 2. The number of aryl methyl sites for hydroxylation is 2. The lowest BCUT2D eigenvalue weighted by atomic mass is 10.1. The molecule has 0 bridgehead atoms. The first-order valence-electron chi connectivity index (χ1n) is 9.36. The van der Waals surface area contributed by atoms with Gasteiger partial charge in [-0.2, -0.15) is 0 Å². The van der Waals surface area contributed by atoms with Gasteiger partial charge in [0.2, 0.25) is 0 Å². The highest BCUT2D eigenvalue weighted by molar-refractivity contribution is 7.99. The van der Waals surface area contributed by atoms with Gasteiger partial charge in [-0.05, 0) is 48.8 Å². The number of imidazole rings is 1. The van der Waals surface area contributed by atoms with Crippen LogP contribution in [0.25, 0.3) is 11.0 Å². The van der Waals surface area contributed by atoms with Crippen molar-refractivity contribution in [2.45, 2.75) is 57.4 Å². The van der Waals surface area contributed by atoms with Crippen LogP contribution in [0.2, 0.25) is 0 Å². The van der Waals surface area contributed by atoms with Gasteiger partial charge < -0.3 is 4.57 Å². The highest BCUT2D eigenvalue weighted by Gasteiger charge is 2.14. The summed E-state index contributed by atoms with van der Waals surface area (Å²) in [5.41, 5.74) is 3.83. The van der Waals surface area contributed by atoms with Crippen molar-refractivity contribution in [1.82, 2.24) is 9.55 Å². The van der Waals surface area contributed by atoms with Crippen LogP contribution in [0.3, 0.4) is 0 Å². The number of aromatic nitrogens is 2. The summed E-state index contributed by atoms with van der Waals surface area (Å²) >= 11 is 1.94. The molecule has 132 valence electrons. The Balaban J connectivity index is 1.83. The maximum absolute atomic E-state index is 4.91. The normalized spacial score (nSPS) is 11.5. The first-order chi connectivity index (χ1) is 12.2. The van der Waals surface area contributed by atoms with Crippen LogP contribution in [-0.4, -0.2) is 15.3 Å². The molecule has 2 aromatic carbocycles. The van der Waals surface area contributed by atoms with Gasteiger partial charge in [0.05, 0.1) is 11.0 Å². The van der Waals surface area contributed by atoms with Crippen LogP contribution >= 0.6 is 11.8 Å². The van der Waals surface area contributed by atoms with E-state index < -0.39 is 0 Å². The summed E-state index contributed by atoms with van der Waals surface area (Å²) in [6.45, 7) is 7.74. The van der Waals surface area contributed by atoms with E-state index in [1.165, 1.54) is 34.0 Å². The van der Waals surface area contributed by atoms with Crippen LogP contribution in [0.5, 0.6) is 0 Å². The van der Waals surface area contributed by atoms with E-state index in [1.807, 2.05) is 11.8 Å². The molecule has 0 fully saturated rings. The summed E-state index contributed by atoms with van der Waals surface area (Å²) in [5, 5.41) is 0. The average molecular weight is 353 g/mol. The van der Waals surface area contributed by atoms with E-state index in [-0.39, 0.29) is 0 Å². The third-order valence-electron chi connectivity index (χ3n) is 4.43. The maximum Gasteiger partial charge on any atom is 0.112 e. The average Bonchev–Trinajstić information content (AvgIpc) is 2.99. The third kappa shape index (κ3) is 4.46. The lowest BCUT2D eigenvalue weighted by molar-refractivity contribution is 0.602. The number of rotatable bonds is 8. The summed E-state index contributed by atoms with van der Waals surface area (Å²) in [5.74, 6) is 2.82. The molecule has 0 saturated carbocycles. The molecule has 1 aromatic heterocycles. The van der Waals surface area contributed by atoms with Crippen molar-refractivity contribution in [2.24, 2.45) is 0 Å². The number of benzene rings is 2. The monoisotopic (exact) mass is 352 g/mol. The van der Waals surface area contributed by atoms with Crippen molar-refractivity contribution in [3.05, 3.63) is 59.9 Å². The molecule has 3 aromatic rings. The molecule has 0 spiro atoms. The minimum atomic E-state index is 0.441. The molecule has 2 nitrogen and oxygen atoms in total. The van der Waals surface area contributed by atoms with Gasteiger partial charge in [0.25, 0.3) is 0 Å². The topological polar surface area (TPSA) is 17.8 Å². The Hall–Kier alpha value is -1.74. The van der Waals surface area contributed by atoms with E-state index in [0.717, 1.165) is 24.9 Å². The second-order valence-corrected chi connectivity index (χ2v) is 8.03. The number of hydrogen-bond acceptors (Lipinski definition) is 2. The van der Waals surface area contributed by atoms with E-state index in [4.69, 9.17) is 4.98 Å². The predicted molar refractivity (Wildman–Crippen MR) is 110 cm³/mol. The highest BCUT2D eigenvalue weighted by atomic mass is 32.2. The third-order valence-corrected chi connectivity index (χ3v) is 5.63. The van der Waals surface area contributed by atoms with Gasteiger partial charge >= 0.3 is 0 Å². The van der Waals surface area contributed by atoms with Crippen molar-refractivity contribution in [1.29, 1.82) is 0 Å². The molecule has 3 heteroatoms. The standard InChI is InChI=1S/C22H28N2S/c1-4-15-25-19-12-13-20-21(16-19)24(22(23-20)17(2)3)14-8-11-18-9-6-5-7-10-18/h5-7,9-10,12-13,16-17H,4,8,11,14-15H2,1-3H3. The number of fused-ring (bicyclic) bond motifs is 1. The van der Waals surface area contributed by atoms with Crippen molar-refractivity contribution >= 4 is 22.8 Å². The Morgan fingerprint density at radius 2 is 1.88 bits per heavy atom. The second kappa shape index (κ2) is 8.57. The van der Waals surface area contributed by atoms with Crippen molar-refractivity contribution < 1.29 is 0 Å². The zero-order valence-electron chi connectivity index (χ0n) is 15.5.